The molecule has 0 bridgehead atoms. The van der Waals surface area contributed by atoms with Gasteiger partial charge in [0.25, 0.3) is 16.4 Å². The molecule has 234 valence electrons. The maximum Gasteiger partial charge on any atom is 0.335 e. The van der Waals surface area contributed by atoms with Crippen molar-refractivity contribution in [2.45, 2.75) is 11.3 Å². The third kappa shape index (κ3) is 5.49. The van der Waals surface area contributed by atoms with E-state index in [4.69, 9.17) is 4.74 Å². The molecule has 0 atom stereocenters. The number of hydrogen-bond donors (Lipinski definition) is 1. The molecule has 0 spiro atoms. The Hall–Kier alpha value is -5.86. The van der Waals surface area contributed by atoms with Gasteiger partial charge < -0.3 is 9.84 Å². The molecule has 0 aliphatic carbocycles. The fourth-order valence-corrected chi connectivity index (χ4v) is 7.15. The maximum absolute atomic E-state index is 14.9. The Morgan fingerprint density at radius 3 is 2.28 bits per heavy atom. The van der Waals surface area contributed by atoms with E-state index in [0.717, 1.165) is 34.3 Å². The Kier molecular flexibility index (Phi) is 8.05. The number of aromatic carboxylic acids is 1. The highest BCUT2D eigenvalue weighted by Crippen LogP contribution is 2.45. The van der Waals surface area contributed by atoms with E-state index in [1.807, 2.05) is 0 Å². The molecule has 11 heteroatoms. The predicted octanol–water partition coefficient (Wildman–Crippen LogP) is 8.53. The van der Waals surface area contributed by atoms with Crippen LogP contribution in [0, 0.1) is 17.1 Å². The standard InChI is InChI=1S/C36H23F3N2O5S/c1-46-32-18-24(36(42)43)11-15-28(32)22-6-4-7-23(17-22)34-33(29-8-3-2-5-25(29)20-40)30-19-26(37)12-16-31(30)41(34)47(44,45)27-13-9-21(10-14-27)35(38)39/h2-19,35H,1H3,(H,42,43). The topological polar surface area (TPSA) is 109 Å². The van der Waals surface area contributed by atoms with Crippen molar-refractivity contribution in [1.29, 1.82) is 5.26 Å². The number of carbonyl (C=O) groups is 1. The summed E-state index contributed by atoms with van der Waals surface area (Å²) in [5.74, 6) is -1.54. The van der Waals surface area contributed by atoms with Crippen LogP contribution in [0.15, 0.2) is 114 Å². The molecule has 6 aromatic rings. The lowest BCUT2D eigenvalue weighted by molar-refractivity contribution is 0.0696. The smallest absolute Gasteiger partial charge is 0.335 e. The lowest BCUT2D eigenvalue weighted by Gasteiger charge is -2.16. The molecular formula is C36H23F3N2O5S. The summed E-state index contributed by atoms with van der Waals surface area (Å²) < 4.78 is 77.1. The van der Waals surface area contributed by atoms with Crippen LogP contribution in [0.1, 0.15) is 27.9 Å². The Morgan fingerprint density at radius 2 is 1.60 bits per heavy atom. The van der Waals surface area contributed by atoms with Crippen LogP contribution in [-0.2, 0) is 10.0 Å². The van der Waals surface area contributed by atoms with E-state index in [2.05, 4.69) is 6.07 Å². The Balaban J connectivity index is 1.72. The highest BCUT2D eigenvalue weighted by molar-refractivity contribution is 7.90. The molecule has 47 heavy (non-hydrogen) atoms. The van der Waals surface area contributed by atoms with E-state index in [1.165, 1.54) is 31.4 Å². The second-order valence-electron chi connectivity index (χ2n) is 10.5. The average molecular weight is 653 g/mol. The number of nitrogens with zero attached hydrogens (tertiary/aromatic N) is 2. The summed E-state index contributed by atoms with van der Waals surface area (Å²) in [6.45, 7) is 0. The van der Waals surface area contributed by atoms with Crippen molar-refractivity contribution in [3.05, 3.63) is 132 Å². The first-order valence-corrected chi connectivity index (χ1v) is 15.5. The molecule has 7 nitrogen and oxygen atoms in total. The first-order valence-electron chi connectivity index (χ1n) is 14.0. The van der Waals surface area contributed by atoms with Crippen molar-refractivity contribution in [3.63, 3.8) is 0 Å². The van der Waals surface area contributed by atoms with Gasteiger partial charge in [0.15, 0.2) is 0 Å². The predicted molar refractivity (Wildman–Crippen MR) is 170 cm³/mol. The normalized spacial score (nSPS) is 11.5. The number of methoxy groups -OCH3 is 1. The van der Waals surface area contributed by atoms with Gasteiger partial charge in [-0.1, -0.05) is 48.5 Å². The lowest BCUT2D eigenvalue weighted by atomic mass is 9.93. The quantitative estimate of drug-likeness (QED) is 0.177. The molecule has 0 saturated carbocycles. The second kappa shape index (κ2) is 12.2. The summed E-state index contributed by atoms with van der Waals surface area (Å²) in [7, 11) is -3.14. The highest BCUT2D eigenvalue weighted by atomic mass is 32.2. The number of ether oxygens (including phenoxy) is 1. The zero-order valence-electron chi connectivity index (χ0n) is 24.5. The Labute approximate surface area is 267 Å². The van der Waals surface area contributed by atoms with Crippen molar-refractivity contribution in [2.75, 3.05) is 7.11 Å². The summed E-state index contributed by atoms with van der Waals surface area (Å²) in [5, 5.41) is 19.7. The number of fused-ring (bicyclic) bond motifs is 1. The minimum absolute atomic E-state index is 0.00302. The molecule has 0 fully saturated rings. The summed E-state index contributed by atoms with van der Waals surface area (Å²) in [5.41, 5.74) is 2.04. The largest absolute Gasteiger partial charge is 0.496 e. The molecule has 0 amide bonds. The number of carboxylic acid groups (broad SMARTS) is 1. The first-order chi connectivity index (χ1) is 22.5. The van der Waals surface area contributed by atoms with Gasteiger partial charge in [-0.05, 0) is 66.2 Å². The van der Waals surface area contributed by atoms with Crippen molar-refractivity contribution < 1.29 is 36.2 Å². The number of benzene rings is 5. The fraction of sp³-hybridized carbons (Fsp3) is 0.0556. The van der Waals surface area contributed by atoms with Crippen LogP contribution < -0.4 is 4.74 Å². The van der Waals surface area contributed by atoms with Gasteiger partial charge in [0.1, 0.15) is 11.6 Å². The zero-order chi connectivity index (χ0) is 33.5. The fourth-order valence-electron chi connectivity index (χ4n) is 5.61. The van der Waals surface area contributed by atoms with Crippen molar-refractivity contribution in [1.82, 2.24) is 3.97 Å². The van der Waals surface area contributed by atoms with Crippen molar-refractivity contribution in [3.8, 4) is 45.3 Å². The molecule has 1 heterocycles. The summed E-state index contributed by atoms with van der Waals surface area (Å²) in [6, 6.07) is 27.6. The first kappa shape index (κ1) is 31.1. The number of hydrogen-bond acceptors (Lipinski definition) is 5. The number of aromatic nitrogens is 1. The summed E-state index contributed by atoms with van der Waals surface area (Å²) in [6.07, 6.45) is -2.81. The average Bonchev–Trinajstić information content (AvgIpc) is 3.42. The molecule has 0 radical (unpaired) electrons. The van der Waals surface area contributed by atoms with Crippen LogP contribution in [-0.4, -0.2) is 30.6 Å². The summed E-state index contributed by atoms with van der Waals surface area (Å²) in [4.78, 5) is 11.3. The van der Waals surface area contributed by atoms with Crippen LogP contribution >= 0.6 is 0 Å². The monoisotopic (exact) mass is 652 g/mol. The molecule has 0 saturated heterocycles. The molecule has 6 rings (SSSR count). The number of carboxylic acids is 1. The van der Waals surface area contributed by atoms with Gasteiger partial charge in [0, 0.05) is 33.2 Å². The molecular weight excluding hydrogens is 629 g/mol. The minimum atomic E-state index is -4.54. The van der Waals surface area contributed by atoms with Crippen LogP contribution in [0.2, 0.25) is 0 Å². The van der Waals surface area contributed by atoms with E-state index in [9.17, 15) is 36.8 Å². The molecule has 1 aromatic heterocycles. The minimum Gasteiger partial charge on any atom is -0.496 e. The van der Waals surface area contributed by atoms with Gasteiger partial charge in [-0.15, -0.1) is 0 Å². The van der Waals surface area contributed by atoms with E-state index in [0.29, 0.717) is 22.3 Å². The molecule has 0 aliphatic heterocycles. The van der Waals surface area contributed by atoms with Crippen LogP contribution in [0.5, 0.6) is 5.75 Å². The van der Waals surface area contributed by atoms with Gasteiger partial charge in [-0.3, -0.25) is 0 Å². The number of nitriles is 1. The SMILES string of the molecule is COc1cc(C(=O)O)ccc1-c1cccc(-c2c(-c3ccccc3C#N)c3cc(F)ccc3n2S(=O)(=O)c2ccc(C(F)F)cc2)c1. The van der Waals surface area contributed by atoms with Gasteiger partial charge in [0.05, 0.1) is 40.4 Å². The highest BCUT2D eigenvalue weighted by Gasteiger charge is 2.30. The van der Waals surface area contributed by atoms with Crippen LogP contribution in [0.25, 0.3) is 44.4 Å². The molecule has 0 unspecified atom stereocenters. The molecule has 5 aromatic carbocycles. The number of rotatable bonds is 8. The van der Waals surface area contributed by atoms with Gasteiger partial charge in [0.2, 0.25) is 0 Å². The van der Waals surface area contributed by atoms with E-state index in [1.54, 1.807) is 54.6 Å². The van der Waals surface area contributed by atoms with Crippen LogP contribution in [0.4, 0.5) is 13.2 Å². The maximum atomic E-state index is 14.9. The second-order valence-corrected chi connectivity index (χ2v) is 12.3. The Morgan fingerprint density at radius 1 is 0.872 bits per heavy atom. The summed E-state index contributed by atoms with van der Waals surface area (Å²) >= 11 is 0. The third-order valence-corrected chi connectivity index (χ3v) is 9.50. The number of alkyl halides is 2. The number of halogens is 3. The van der Waals surface area contributed by atoms with Gasteiger partial charge in [-0.2, -0.15) is 5.26 Å². The molecule has 1 N–H and O–H groups in total. The lowest BCUT2D eigenvalue weighted by Crippen LogP contribution is -2.14. The van der Waals surface area contributed by atoms with E-state index >= 15 is 0 Å². The van der Waals surface area contributed by atoms with E-state index < -0.39 is 28.2 Å². The van der Waals surface area contributed by atoms with Crippen molar-refractivity contribution >= 4 is 26.9 Å². The van der Waals surface area contributed by atoms with E-state index in [-0.39, 0.29) is 49.5 Å². The van der Waals surface area contributed by atoms with Crippen LogP contribution in [0.3, 0.4) is 0 Å². The van der Waals surface area contributed by atoms with Gasteiger partial charge >= 0.3 is 5.97 Å². The molecule has 0 aliphatic rings. The zero-order valence-corrected chi connectivity index (χ0v) is 25.3. The van der Waals surface area contributed by atoms with Gasteiger partial charge in [-0.25, -0.2) is 30.4 Å². The third-order valence-electron chi connectivity index (χ3n) is 7.77. The van der Waals surface area contributed by atoms with Crippen molar-refractivity contribution in [2.24, 2.45) is 0 Å². The Bertz CT molecular complexity index is 2340.